The average Bonchev–Trinajstić information content (AvgIpc) is 2.94. The molecule has 2 unspecified atom stereocenters. The van der Waals surface area contributed by atoms with E-state index in [1.165, 1.54) is 11.8 Å². The molecule has 0 spiro atoms. The van der Waals surface area contributed by atoms with Gasteiger partial charge in [0.2, 0.25) is 5.91 Å². The standard InChI is InChI=1S/C29H27N3O4S2/c1-35-21-14-20(15-22(17-21)36-2)30-28(33)18-37-23-9-7-8-19(16-23)31-29(34)32-24-10-3-5-12-26(24)38-27-13-6-4-11-25(27)32/h3-17,24,26H,18H2,1-2H3,(H,30,33)(H,31,34). The van der Waals surface area contributed by atoms with Crippen molar-refractivity contribution >= 4 is 52.5 Å². The van der Waals surface area contributed by atoms with E-state index in [0.29, 0.717) is 22.9 Å². The fourth-order valence-corrected chi connectivity index (χ4v) is 6.31. The molecular formula is C29H27N3O4S2. The number of thioether (sulfide) groups is 2. The number of amides is 3. The number of carbonyl (C=O) groups is 2. The van der Waals surface area contributed by atoms with E-state index in [1.807, 2.05) is 65.6 Å². The van der Waals surface area contributed by atoms with E-state index >= 15 is 0 Å². The van der Waals surface area contributed by atoms with Crippen LogP contribution in [-0.4, -0.2) is 43.2 Å². The van der Waals surface area contributed by atoms with Crippen LogP contribution in [-0.2, 0) is 4.79 Å². The van der Waals surface area contributed by atoms with E-state index in [0.717, 1.165) is 15.5 Å². The highest BCUT2D eigenvalue weighted by atomic mass is 32.2. The van der Waals surface area contributed by atoms with Crippen LogP contribution in [0.1, 0.15) is 0 Å². The summed E-state index contributed by atoms with van der Waals surface area (Å²) in [6, 6.07) is 20.4. The number of ether oxygens (including phenoxy) is 2. The van der Waals surface area contributed by atoms with Crippen LogP contribution in [0.25, 0.3) is 0 Å². The second kappa shape index (κ2) is 11.7. The smallest absolute Gasteiger partial charge is 0.326 e. The van der Waals surface area contributed by atoms with Crippen LogP contribution < -0.4 is 25.0 Å². The lowest BCUT2D eigenvalue weighted by Gasteiger charge is -2.40. The first-order valence-corrected chi connectivity index (χ1v) is 13.9. The minimum absolute atomic E-state index is 0.0728. The highest BCUT2D eigenvalue weighted by Crippen LogP contribution is 2.43. The molecular weight excluding hydrogens is 518 g/mol. The fourth-order valence-electron chi connectivity index (χ4n) is 4.30. The molecule has 0 saturated heterocycles. The van der Waals surface area contributed by atoms with Crippen LogP contribution in [0.5, 0.6) is 11.5 Å². The molecule has 0 bridgehead atoms. The SMILES string of the molecule is COc1cc(NC(=O)CSc2cccc(NC(=O)N3c4ccccc4SC4C=CC=CC43)c2)cc(OC)c1. The van der Waals surface area contributed by atoms with E-state index in [2.05, 4.69) is 22.8 Å². The number of para-hydroxylation sites is 1. The highest BCUT2D eigenvalue weighted by Gasteiger charge is 2.36. The Morgan fingerprint density at radius 3 is 2.45 bits per heavy atom. The normalized spacial score (nSPS) is 17.3. The van der Waals surface area contributed by atoms with Crippen molar-refractivity contribution in [3.63, 3.8) is 0 Å². The molecule has 3 aromatic carbocycles. The minimum Gasteiger partial charge on any atom is -0.497 e. The Morgan fingerprint density at radius 2 is 1.66 bits per heavy atom. The van der Waals surface area contributed by atoms with Gasteiger partial charge in [0.05, 0.1) is 37.0 Å². The molecule has 0 radical (unpaired) electrons. The largest absolute Gasteiger partial charge is 0.497 e. The van der Waals surface area contributed by atoms with Crippen LogP contribution in [0.4, 0.5) is 21.9 Å². The van der Waals surface area contributed by atoms with E-state index in [-0.39, 0.29) is 29.0 Å². The predicted octanol–water partition coefficient (Wildman–Crippen LogP) is 6.44. The lowest BCUT2D eigenvalue weighted by molar-refractivity contribution is -0.113. The number of rotatable bonds is 7. The summed E-state index contributed by atoms with van der Waals surface area (Å²) in [5, 5.41) is 6.09. The Morgan fingerprint density at radius 1 is 0.895 bits per heavy atom. The van der Waals surface area contributed by atoms with Gasteiger partial charge < -0.3 is 20.1 Å². The molecule has 7 nitrogen and oxygen atoms in total. The Hall–Kier alpha value is -3.82. The number of allylic oxidation sites excluding steroid dienone is 2. The summed E-state index contributed by atoms with van der Waals surface area (Å²) in [6.45, 7) is 0. The van der Waals surface area contributed by atoms with Crippen molar-refractivity contribution < 1.29 is 19.1 Å². The van der Waals surface area contributed by atoms with Gasteiger partial charge in [0.25, 0.3) is 0 Å². The van der Waals surface area contributed by atoms with Crippen LogP contribution in [0.2, 0.25) is 0 Å². The molecule has 194 valence electrons. The topological polar surface area (TPSA) is 79.9 Å². The van der Waals surface area contributed by atoms with Crippen LogP contribution >= 0.6 is 23.5 Å². The van der Waals surface area contributed by atoms with Crippen molar-refractivity contribution in [2.45, 2.75) is 21.1 Å². The zero-order valence-corrected chi connectivity index (χ0v) is 22.6. The van der Waals surface area contributed by atoms with E-state index < -0.39 is 0 Å². The number of fused-ring (bicyclic) bond motifs is 2. The first-order valence-electron chi connectivity index (χ1n) is 12.0. The molecule has 5 rings (SSSR count). The monoisotopic (exact) mass is 545 g/mol. The fraction of sp³-hybridized carbons (Fsp3) is 0.172. The summed E-state index contributed by atoms with van der Waals surface area (Å²) in [5.41, 5.74) is 2.16. The summed E-state index contributed by atoms with van der Waals surface area (Å²) in [5.74, 6) is 1.23. The van der Waals surface area contributed by atoms with Crippen molar-refractivity contribution in [1.29, 1.82) is 0 Å². The number of benzene rings is 3. The maximum Gasteiger partial charge on any atom is 0.326 e. The summed E-state index contributed by atoms with van der Waals surface area (Å²) < 4.78 is 10.5. The first kappa shape index (κ1) is 25.8. The summed E-state index contributed by atoms with van der Waals surface area (Å²) in [7, 11) is 3.12. The molecule has 38 heavy (non-hydrogen) atoms. The molecule has 2 aliphatic rings. The Bertz CT molecular complexity index is 1390. The van der Waals surface area contributed by atoms with Gasteiger partial charge in [-0.3, -0.25) is 9.69 Å². The number of nitrogens with one attached hydrogen (secondary N) is 2. The number of hydrogen-bond donors (Lipinski definition) is 2. The first-order chi connectivity index (χ1) is 18.5. The predicted molar refractivity (Wildman–Crippen MR) is 155 cm³/mol. The molecule has 2 atom stereocenters. The number of carbonyl (C=O) groups excluding carboxylic acids is 2. The molecule has 1 heterocycles. The van der Waals surface area contributed by atoms with Crippen molar-refractivity contribution in [2.75, 3.05) is 35.5 Å². The summed E-state index contributed by atoms with van der Waals surface area (Å²) in [4.78, 5) is 29.9. The number of methoxy groups -OCH3 is 2. The molecule has 0 fully saturated rings. The van der Waals surface area contributed by atoms with Gasteiger partial charge in [0, 0.05) is 39.4 Å². The number of hydrogen-bond acceptors (Lipinski definition) is 6. The number of urea groups is 1. The van der Waals surface area contributed by atoms with Gasteiger partial charge in [-0.2, -0.15) is 0 Å². The van der Waals surface area contributed by atoms with Crippen molar-refractivity contribution in [3.8, 4) is 11.5 Å². The van der Waals surface area contributed by atoms with Crippen molar-refractivity contribution in [3.05, 3.63) is 91.0 Å². The molecule has 9 heteroatoms. The second-order valence-corrected chi connectivity index (χ2v) is 10.8. The minimum atomic E-state index is -0.195. The van der Waals surface area contributed by atoms with Gasteiger partial charge in [-0.05, 0) is 30.3 Å². The summed E-state index contributed by atoms with van der Waals surface area (Å²) in [6.07, 6.45) is 8.21. The average molecular weight is 546 g/mol. The molecule has 3 amide bonds. The number of anilines is 3. The van der Waals surface area contributed by atoms with Crippen molar-refractivity contribution in [1.82, 2.24) is 0 Å². The molecule has 1 aliphatic heterocycles. The molecule has 0 saturated carbocycles. The zero-order valence-electron chi connectivity index (χ0n) is 20.9. The van der Waals surface area contributed by atoms with Gasteiger partial charge in [-0.1, -0.05) is 42.5 Å². The number of nitrogens with zero attached hydrogens (tertiary/aromatic N) is 1. The van der Waals surface area contributed by atoms with Crippen LogP contribution in [0.3, 0.4) is 0 Å². The second-order valence-electron chi connectivity index (χ2n) is 8.58. The third-order valence-electron chi connectivity index (χ3n) is 6.05. The third kappa shape index (κ3) is 5.84. The summed E-state index contributed by atoms with van der Waals surface area (Å²) >= 11 is 3.16. The molecule has 2 N–H and O–H groups in total. The van der Waals surface area contributed by atoms with Crippen LogP contribution in [0, 0.1) is 0 Å². The van der Waals surface area contributed by atoms with E-state index in [9.17, 15) is 9.59 Å². The van der Waals surface area contributed by atoms with Crippen molar-refractivity contribution in [2.24, 2.45) is 0 Å². The third-order valence-corrected chi connectivity index (χ3v) is 8.35. The van der Waals surface area contributed by atoms with E-state index in [4.69, 9.17) is 9.47 Å². The maximum atomic E-state index is 13.5. The van der Waals surface area contributed by atoms with Gasteiger partial charge in [0.15, 0.2) is 0 Å². The van der Waals surface area contributed by atoms with Crippen LogP contribution in [0.15, 0.2) is 101 Å². The van der Waals surface area contributed by atoms with Gasteiger partial charge >= 0.3 is 6.03 Å². The Balaban J connectivity index is 1.24. The highest BCUT2D eigenvalue weighted by molar-refractivity contribution is 8.00. The maximum absolute atomic E-state index is 13.5. The lowest BCUT2D eigenvalue weighted by Crippen LogP contribution is -2.49. The lowest BCUT2D eigenvalue weighted by atomic mass is 10.1. The van der Waals surface area contributed by atoms with E-state index in [1.54, 1.807) is 44.2 Å². The quantitative estimate of drug-likeness (QED) is 0.333. The molecule has 1 aliphatic carbocycles. The van der Waals surface area contributed by atoms with Gasteiger partial charge in [-0.15, -0.1) is 23.5 Å². The van der Waals surface area contributed by atoms with Gasteiger partial charge in [-0.25, -0.2) is 4.79 Å². The zero-order chi connectivity index (χ0) is 26.5. The Kier molecular flexibility index (Phi) is 7.95. The molecule has 3 aromatic rings. The molecule has 0 aromatic heterocycles. The Labute approximate surface area is 230 Å². The van der Waals surface area contributed by atoms with Gasteiger partial charge in [0.1, 0.15) is 11.5 Å².